The lowest BCUT2D eigenvalue weighted by atomic mass is 9.94. The van der Waals surface area contributed by atoms with Gasteiger partial charge < -0.3 is 9.84 Å². The number of amides is 1. The molecule has 1 N–H and O–H groups in total. The summed E-state index contributed by atoms with van der Waals surface area (Å²) in [7, 11) is 0. The molecule has 2 aliphatic heterocycles. The van der Waals surface area contributed by atoms with Gasteiger partial charge in [0.15, 0.2) is 5.13 Å². The number of thiazole rings is 1. The van der Waals surface area contributed by atoms with Crippen molar-refractivity contribution >= 4 is 44.1 Å². The van der Waals surface area contributed by atoms with E-state index in [1.54, 1.807) is 6.07 Å². The number of rotatable bonds is 4. The number of Topliss-reactive ketones (excluding diaryl/α,β-unsaturated/α-hetero) is 1. The minimum atomic E-state index is -0.795. The average molecular weight is 511 g/mol. The summed E-state index contributed by atoms with van der Waals surface area (Å²) in [6.07, 6.45) is 1.64. The Morgan fingerprint density at radius 3 is 2.65 bits per heavy atom. The van der Waals surface area contributed by atoms with Crippen LogP contribution in [0.25, 0.3) is 16.0 Å². The van der Waals surface area contributed by atoms with E-state index in [9.17, 15) is 14.7 Å². The fourth-order valence-corrected chi connectivity index (χ4v) is 6.22. The van der Waals surface area contributed by atoms with Crippen LogP contribution in [-0.4, -0.2) is 27.9 Å². The quantitative estimate of drug-likeness (QED) is 0.203. The second kappa shape index (κ2) is 8.85. The highest BCUT2D eigenvalue weighted by molar-refractivity contribution is 7.22. The number of hydrogen-bond acceptors (Lipinski definition) is 6. The van der Waals surface area contributed by atoms with Crippen molar-refractivity contribution in [1.82, 2.24) is 4.98 Å². The number of aryl methyl sites for hydroxylation is 2. The second-order valence-corrected chi connectivity index (χ2v) is 10.7. The molecule has 0 saturated carbocycles. The molecule has 2 aliphatic rings. The van der Waals surface area contributed by atoms with Gasteiger partial charge in [-0.3, -0.25) is 14.5 Å². The summed E-state index contributed by atoms with van der Waals surface area (Å²) in [6, 6.07) is 18.3. The topological polar surface area (TPSA) is 79.7 Å². The van der Waals surface area contributed by atoms with Crippen molar-refractivity contribution in [3.05, 3.63) is 94.1 Å². The van der Waals surface area contributed by atoms with Crippen LogP contribution in [0, 0.1) is 6.92 Å². The highest BCUT2D eigenvalue weighted by Gasteiger charge is 2.48. The Balaban J connectivity index is 1.53. The van der Waals surface area contributed by atoms with Gasteiger partial charge in [-0.1, -0.05) is 48.6 Å². The molecule has 7 heteroatoms. The molecule has 186 valence electrons. The molecule has 1 saturated heterocycles. The van der Waals surface area contributed by atoms with Gasteiger partial charge >= 0.3 is 5.91 Å². The highest BCUT2D eigenvalue weighted by Crippen LogP contribution is 2.45. The maximum Gasteiger partial charge on any atom is 0.301 e. The molecule has 0 bridgehead atoms. The van der Waals surface area contributed by atoms with Crippen molar-refractivity contribution in [3.63, 3.8) is 0 Å². The van der Waals surface area contributed by atoms with Crippen molar-refractivity contribution in [3.8, 4) is 5.75 Å². The number of carbonyl (C=O) groups is 2. The van der Waals surface area contributed by atoms with Gasteiger partial charge in [-0.15, -0.1) is 0 Å². The number of aromatic nitrogens is 1. The molecule has 0 unspecified atom stereocenters. The SMILES string of the molecule is CCc1ccc([C@H]2C(=C(O)c3ccc4c(c3)C[C@H](C)O4)C(=O)C(=O)N2c2nc3ccc(C)cc3s2)cc1. The monoisotopic (exact) mass is 510 g/mol. The standard InChI is InChI=1S/C30H26N2O4S/c1-4-18-6-8-19(9-7-18)26-25(27(33)20-10-12-23-21(15-20)14-17(3)36-23)28(34)29(35)32(26)30-31-22-11-5-16(2)13-24(22)37-30/h5-13,15,17,26,33H,4,14H2,1-3H3/t17-,26-/m0/s1. The first-order valence-electron chi connectivity index (χ1n) is 12.4. The zero-order chi connectivity index (χ0) is 25.8. The lowest BCUT2D eigenvalue weighted by Gasteiger charge is -2.23. The average Bonchev–Trinajstić information content (AvgIpc) is 3.55. The fraction of sp³-hybridized carbons (Fsp3) is 0.233. The summed E-state index contributed by atoms with van der Waals surface area (Å²) < 4.78 is 6.73. The minimum Gasteiger partial charge on any atom is -0.507 e. The van der Waals surface area contributed by atoms with Crippen LogP contribution < -0.4 is 9.64 Å². The molecular weight excluding hydrogens is 484 g/mol. The zero-order valence-corrected chi connectivity index (χ0v) is 21.6. The molecule has 6 nitrogen and oxygen atoms in total. The van der Waals surface area contributed by atoms with Crippen LogP contribution in [0.15, 0.2) is 66.2 Å². The second-order valence-electron chi connectivity index (χ2n) is 9.69. The number of hydrogen-bond donors (Lipinski definition) is 1. The molecule has 0 radical (unpaired) electrons. The van der Waals surface area contributed by atoms with Gasteiger partial charge in [-0.25, -0.2) is 4.98 Å². The first-order valence-corrected chi connectivity index (χ1v) is 13.2. The number of fused-ring (bicyclic) bond motifs is 2. The molecule has 2 atom stereocenters. The Morgan fingerprint density at radius 2 is 1.89 bits per heavy atom. The van der Waals surface area contributed by atoms with Crippen LogP contribution in [0.4, 0.5) is 5.13 Å². The predicted molar refractivity (Wildman–Crippen MR) is 145 cm³/mol. The summed E-state index contributed by atoms with van der Waals surface area (Å²) in [6.45, 7) is 6.07. The minimum absolute atomic E-state index is 0.0535. The molecule has 6 rings (SSSR count). The predicted octanol–water partition coefficient (Wildman–Crippen LogP) is 6.12. The Morgan fingerprint density at radius 1 is 1.11 bits per heavy atom. The number of carbonyl (C=O) groups excluding carboxylic acids is 2. The molecule has 1 aromatic heterocycles. The third-order valence-electron chi connectivity index (χ3n) is 7.06. The number of ether oxygens (including phenoxy) is 1. The molecule has 0 aliphatic carbocycles. The number of nitrogens with zero attached hydrogens (tertiary/aromatic N) is 2. The van der Waals surface area contributed by atoms with Crippen molar-refractivity contribution in [2.45, 2.75) is 45.8 Å². The summed E-state index contributed by atoms with van der Waals surface area (Å²) in [5.41, 5.74) is 5.26. The van der Waals surface area contributed by atoms with E-state index in [1.807, 2.05) is 68.4 Å². The van der Waals surface area contributed by atoms with Gasteiger partial charge in [-0.05, 0) is 72.9 Å². The molecular formula is C30H26N2O4S. The van der Waals surface area contributed by atoms with Gasteiger partial charge in [0.25, 0.3) is 5.78 Å². The summed E-state index contributed by atoms with van der Waals surface area (Å²) in [5, 5.41) is 11.9. The lowest BCUT2D eigenvalue weighted by molar-refractivity contribution is -0.132. The van der Waals surface area contributed by atoms with Crippen LogP contribution >= 0.6 is 11.3 Å². The smallest absolute Gasteiger partial charge is 0.301 e. The van der Waals surface area contributed by atoms with E-state index < -0.39 is 17.7 Å². The van der Waals surface area contributed by atoms with Crippen LogP contribution in [0.2, 0.25) is 0 Å². The molecule has 0 spiro atoms. The van der Waals surface area contributed by atoms with E-state index in [0.29, 0.717) is 10.7 Å². The van der Waals surface area contributed by atoms with Crippen molar-refractivity contribution in [1.29, 1.82) is 0 Å². The van der Waals surface area contributed by atoms with Crippen LogP contribution in [0.1, 0.15) is 47.7 Å². The van der Waals surface area contributed by atoms with Gasteiger partial charge in [0, 0.05) is 12.0 Å². The van der Waals surface area contributed by atoms with E-state index in [1.165, 1.54) is 16.2 Å². The fourth-order valence-electron chi connectivity index (χ4n) is 5.13. The summed E-state index contributed by atoms with van der Waals surface area (Å²) in [4.78, 5) is 33.2. The maximum absolute atomic E-state index is 13.5. The largest absolute Gasteiger partial charge is 0.507 e. The number of aliphatic hydroxyl groups excluding tert-OH is 1. The molecule has 1 amide bonds. The third kappa shape index (κ3) is 3.90. The normalized spacial score (nSPS) is 20.5. The summed E-state index contributed by atoms with van der Waals surface area (Å²) in [5.74, 6) is -0.826. The zero-order valence-electron chi connectivity index (χ0n) is 20.8. The Kier molecular flexibility index (Phi) is 5.60. The van der Waals surface area contributed by atoms with Crippen molar-refractivity contribution in [2.24, 2.45) is 0 Å². The lowest BCUT2D eigenvalue weighted by Crippen LogP contribution is -2.29. The molecule has 3 heterocycles. The number of ketones is 1. The van der Waals surface area contributed by atoms with E-state index >= 15 is 0 Å². The maximum atomic E-state index is 13.5. The molecule has 37 heavy (non-hydrogen) atoms. The van der Waals surface area contributed by atoms with E-state index in [4.69, 9.17) is 9.72 Å². The van der Waals surface area contributed by atoms with Gasteiger partial charge in [-0.2, -0.15) is 0 Å². The first kappa shape index (κ1) is 23.4. The molecule has 1 fully saturated rings. The molecule has 4 aromatic rings. The number of benzene rings is 3. The van der Waals surface area contributed by atoms with Gasteiger partial charge in [0.05, 0.1) is 21.8 Å². The third-order valence-corrected chi connectivity index (χ3v) is 8.07. The highest BCUT2D eigenvalue weighted by atomic mass is 32.1. The van der Waals surface area contributed by atoms with E-state index in [2.05, 4.69) is 6.92 Å². The van der Waals surface area contributed by atoms with E-state index in [-0.39, 0.29) is 17.4 Å². The summed E-state index contributed by atoms with van der Waals surface area (Å²) >= 11 is 1.37. The number of anilines is 1. The van der Waals surface area contributed by atoms with Crippen LogP contribution in [0.3, 0.4) is 0 Å². The Bertz CT molecular complexity index is 1600. The van der Waals surface area contributed by atoms with Crippen LogP contribution in [0.5, 0.6) is 5.75 Å². The van der Waals surface area contributed by atoms with Gasteiger partial charge in [0.2, 0.25) is 0 Å². The van der Waals surface area contributed by atoms with Gasteiger partial charge in [0.1, 0.15) is 17.6 Å². The Hall–Kier alpha value is -3.97. The Labute approximate surface area is 218 Å². The van der Waals surface area contributed by atoms with E-state index in [0.717, 1.165) is 51.1 Å². The molecule has 3 aromatic carbocycles. The van der Waals surface area contributed by atoms with Crippen molar-refractivity contribution < 1.29 is 19.4 Å². The van der Waals surface area contributed by atoms with Crippen LogP contribution in [-0.2, 0) is 22.4 Å². The first-order chi connectivity index (χ1) is 17.8. The number of aliphatic hydroxyl groups is 1. The van der Waals surface area contributed by atoms with Crippen molar-refractivity contribution in [2.75, 3.05) is 4.90 Å².